The van der Waals surface area contributed by atoms with Gasteiger partial charge >= 0.3 is 0 Å². The van der Waals surface area contributed by atoms with E-state index < -0.39 is 0 Å². The van der Waals surface area contributed by atoms with E-state index in [1.165, 1.54) is 4.40 Å². The van der Waals surface area contributed by atoms with Gasteiger partial charge in [-0.05, 0) is 69.1 Å². The first kappa shape index (κ1) is 21.9. The van der Waals surface area contributed by atoms with Crippen LogP contribution in [0.3, 0.4) is 0 Å². The Morgan fingerprint density at radius 1 is 0.605 bits per heavy atom. The molecule has 0 N–H and O–H groups in total. The molecule has 2 aromatic heterocycles. The zero-order chi connectivity index (χ0) is 26.0. The number of hydrogen-bond acceptors (Lipinski definition) is 3. The van der Waals surface area contributed by atoms with Crippen LogP contribution in [0.1, 0.15) is 11.1 Å². The highest BCUT2D eigenvalue weighted by molar-refractivity contribution is 6.15. The molecule has 0 aliphatic heterocycles. The van der Waals surface area contributed by atoms with Crippen molar-refractivity contribution in [2.45, 2.75) is 0 Å². The number of aromatic nitrogens is 3. The Hall–Kier alpha value is -5.29. The third kappa shape index (κ3) is 2.90. The summed E-state index contributed by atoms with van der Waals surface area (Å²) in [6.45, 7) is 8.09. The van der Waals surface area contributed by atoms with Crippen molar-refractivity contribution in [2.75, 3.05) is 0 Å². The third-order valence-corrected chi connectivity index (χ3v) is 7.29. The van der Waals surface area contributed by atoms with Gasteiger partial charge in [-0.3, -0.25) is 18.6 Å². The summed E-state index contributed by atoms with van der Waals surface area (Å²) in [5.41, 5.74) is 3.92. The van der Waals surface area contributed by atoms with Gasteiger partial charge in [0.2, 0.25) is 5.65 Å². The summed E-state index contributed by atoms with van der Waals surface area (Å²) in [5.74, 6) is 0. The molecule has 38 heavy (non-hydrogen) atoms. The van der Waals surface area contributed by atoms with Crippen LogP contribution in [0.2, 0.25) is 0 Å². The highest BCUT2D eigenvalue weighted by Crippen LogP contribution is 2.35. The van der Waals surface area contributed by atoms with Crippen molar-refractivity contribution in [2.24, 2.45) is 0 Å². The van der Waals surface area contributed by atoms with Gasteiger partial charge in [0.05, 0.1) is 27.6 Å². The molecule has 0 aliphatic carbocycles. The lowest BCUT2D eigenvalue weighted by atomic mass is 9.91. The largest absolute Gasteiger partial charge is 0.299 e. The zero-order valence-corrected chi connectivity index (χ0v) is 20.4. The molecule has 0 unspecified atom stereocenters. The molecule has 2 heterocycles. The SMILES string of the molecule is C=Cc1c(C=C)c2ccc(-n3c(=O)c4nc5ccccc5c(=O)n4c4ccccc43)cc2c2ccccc12. The molecule has 180 valence electrons. The van der Waals surface area contributed by atoms with E-state index in [0.717, 1.165) is 32.7 Å². The fraction of sp³-hybridized carbons (Fsp3) is 0. The Morgan fingerprint density at radius 2 is 1.21 bits per heavy atom. The predicted molar refractivity (Wildman–Crippen MR) is 157 cm³/mol. The van der Waals surface area contributed by atoms with Crippen molar-refractivity contribution in [1.29, 1.82) is 0 Å². The number of fused-ring (bicyclic) bond motifs is 7. The Kier molecular flexibility index (Phi) is 4.69. The van der Waals surface area contributed by atoms with Crippen LogP contribution in [0.25, 0.3) is 67.0 Å². The van der Waals surface area contributed by atoms with Gasteiger partial charge in [0.1, 0.15) is 0 Å². The third-order valence-electron chi connectivity index (χ3n) is 7.29. The van der Waals surface area contributed by atoms with E-state index in [4.69, 9.17) is 0 Å². The van der Waals surface area contributed by atoms with Gasteiger partial charge in [0, 0.05) is 0 Å². The molecule has 7 aromatic rings. The molecule has 0 bridgehead atoms. The molecule has 0 saturated carbocycles. The number of para-hydroxylation sites is 3. The normalized spacial score (nSPS) is 11.6. The highest BCUT2D eigenvalue weighted by Gasteiger charge is 2.18. The van der Waals surface area contributed by atoms with Crippen LogP contribution in [0.4, 0.5) is 0 Å². The van der Waals surface area contributed by atoms with Crippen molar-refractivity contribution in [3.05, 3.63) is 136 Å². The van der Waals surface area contributed by atoms with Gasteiger partial charge in [0.15, 0.2) is 0 Å². The van der Waals surface area contributed by atoms with E-state index in [-0.39, 0.29) is 16.8 Å². The molecule has 7 rings (SSSR count). The Bertz CT molecular complexity index is 2270. The van der Waals surface area contributed by atoms with E-state index >= 15 is 0 Å². The molecule has 0 saturated heterocycles. The smallest absolute Gasteiger partial charge is 0.272 e. The minimum atomic E-state index is -0.359. The fourth-order valence-electron chi connectivity index (χ4n) is 5.62. The molecule has 0 spiro atoms. The lowest BCUT2D eigenvalue weighted by Gasteiger charge is -2.17. The number of benzene rings is 5. The molecule has 5 aromatic carbocycles. The maximum atomic E-state index is 14.1. The highest BCUT2D eigenvalue weighted by atomic mass is 16.1. The van der Waals surface area contributed by atoms with Gasteiger partial charge in [-0.2, -0.15) is 0 Å². The van der Waals surface area contributed by atoms with Crippen molar-refractivity contribution in [1.82, 2.24) is 14.0 Å². The Morgan fingerprint density at radius 3 is 1.95 bits per heavy atom. The summed E-state index contributed by atoms with van der Waals surface area (Å²) >= 11 is 0. The van der Waals surface area contributed by atoms with Gasteiger partial charge in [0.25, 0.3) is 11.1 Å². The Labute approximate surface area is 216 Å². The van der Waals surface area contributed by atoms with Gasteiger partial charge in [-0.25, -0.2) is 4.98 Å². The molecule has 0 aliphatic rings. The summed E-state index contributed by atoms with van der Waals surface area (Å²) in [6, 6.07) is 28.7. The van der Waals surface area contributed by atoms with Gasteiger partial charge in [-0.1, -0.05) is 79.9 Å². The predicted octanol–water partition coefficient (Wildman–Crippen LogP) is 6.74. The van der Waals surface area contributed by atoms with Crippen LogP contribution >= 0.6 is 0 Å². The van der Waals surface area contributed by atoms with E-state index in [1.54, 1.807) is 22.8 Å². The second-order valence-electron chi connectivity index (χ2n) is 9.23. The van der Waals surface area contributed by atoms with Crippen LogP contribution in [0.15, 0.2) is 114 Å². The lowest BCUT2D eigenvalue weighted by Crippen LogP contribution is -2.28. The number of hydrogen-bond donors (Lipinski definition) is 0. The fourth-order valence-corrected chi connectivity index (χ4v) is 5.62. The summed E-state index contributed by atoms with van der Waals surface area (Å²) in [4.78, 5) is 32.2. The van der Waals surface area contributed by atoms with Crippen molar-refractivity contribution in [3.8, 4) is 5.69 Å². The minimum absolute atomic E-state index is 0.0890. The van der Waals surface area contributed by atoms with Crippen LogP contribution in [-0.2, 0) is 0 Å². The lowest BCUT2D eigenvalue weighted by molar-refractivity contribution is 0.989. The van der Waals surface area contributed by atoms with Crippen LogP contribution in [0.5, 0.6) is 0 Å². The second-order valence-corrected chi connectivity index (χ2v) is 9.23. The van der Waals surface area contributed by atoms with Gasteiger partial charge < -0.3 is 0 Å². The summed E-state index contributed by atoms with van der Waals surface area (Å²) in [7, 11) is 0. The molecule has 0 radical (unpaired) electrons. The molecule has 5 heteroatoms. The average molecular weight is 492 g/mol. The zero-order valence-electron chi connectivity index (χ0n) is 20.4. The van der Waals surface area contributed by atoms with Crippen LogP contribution in [-0.4, -0.2) is 14.0 Å². The quantitative estimate of drug-likeness (QED) is 0.203. The summed E-state index contributed by atoms with van der Waals surface area (Å²) in [5, 5.41) is 4.62. The van der Waals surface area contributed by atoms with Crippen molar-refractivity contribution >= 4 is 61.3 Å². The van der Waals surface area contributed by atoms with Crippen LogP contribution in [0, 0.1) is 0 Å². The molecule has 5 nitrogen and oxygen atoms in total. The standard InChI is InChI=1S/C33H21N3O2/c1-3-21-22(4-2)25-18-17-20(19-27(25)24-12-6-5-11-23(21)24)35-29-15-9-10-16-30(29)36-31(33(35)38)34-28-14-8-7-13-26(28)32(36)37/h3-19H,1-2H2. The molecular weight excluding hydrogens is 470 g/mol. The van der Waals surface area contributed by atoms with Crippen LogP contribution < -0.4 is 11.1 Å². The molecule has 0 fully saturated rings. The van der Waals surface area contributed by atoms with E-state index in [2.05, 4.69) is 30.3 Å². The van der Waals surface area contributed by atoms with E-state index in [9.17, 15) is 9.59 Å². The first-order valence-electron chi connectivity index (χ1n) is 12.3. The van der Waals surface area contributed by atoms with Crippen molar-refractivity contribution in [3.63, 3.8) is 0 Å². The number of rotatable bonds is 3. The molecule has 0 amide bonds. The second kappa shape index (κ2) is 8.11. The molecular formula is C33H21N3O2. The number of nitrogens with zero attached hydrogens (tertiary/aromatic N) is 3. The topological polar surface area (TPSA) is 56.4 Å². The summed E-state index contributed by atoms with van der Waals surface area (Å²) < 4.78 is 3.08. The maximum absolute atomic E-state index is 14.1. The van der Waals surface area contributed by atoms with Crippen molar-refractivity contribution < 1.29 is 0 Å². The maximum Gasteiger partial charge on any atom is 0.299 e. The van der Waals surface area contributed by atoms with E-state index in [0.29, 0.717) is 27.6 Å². The minimum Gasteiger partial charge on any atom is -0.272 e. The van der Waals surface area contributed by atoms with E-state index in [1.807, 2.05) is 72.8 Å². The monoisotopic (exact) mass is 491 g/mol. The Balaban J connectivity index is 1.66. The van der Waals surface area contributed by atoms with Gasteiger partial charge in [-0.15, -0.1) is 0 Å². The molecule has 0 atom stereocenters. The average Bonchev–Trinajstić information content (AvgIpc) is 2.96. The first-order valence-corrected chi connectivity index (χ1v) is 12.3. The first-order chi connectivity index (χ1) is 18.6. The summed E-state index contributed by atoms with van der Waals surface area (Å²) in [6.07, 6.45) is 3.71.